The molecule has 6 heteroatoms. The highest BCUT2D eigenvalue weighted by molar-refractivity contribution is 8.00. The fraction of sp³-hybridized carbons (Fsp3) is 0.733. The summed E-state index contributed by atoms with van der Waals surface area (Å²) < 4.78 is 5.38. The summed E-state index contributed by atoms with van der Waals surface area (Å²) >= 11 is 1.56. The SMILES string of the molecule is C=CCSCC(=O)N1CCCN(C(=O)OC(C)(C)C)CC1. The monoisotopic (exact) mass is 314 g/mol. The van der Waals surface area contributed by atoms with E-state index in [0.29, 0.717) is 31.9 Å². The molecule has 0 aliphatic carbocycles. The summed E-state index contributed by atoms with van der Waals surface area (Å²) in [5.74, 6) is 1.38. The van der Waals surface area contributed by atoms with Crippen LogP contribution < -0.4 is 0 Å². The fourth-order valence-electron chi connectivity index (χ4n) is 2.00. The maximum absolute atomic E-state index is 12.1. The molecule has 0 saturated carbocycles. The molecule has 0 aromatic heterocycles. The average molecular weight is 314 g/mol. The van der Waals surface area contributed by atoms with Gasteiger partial charge in [0.15, 0.2) is 0 Å². The number of carbonyl (C=O) groups excluding carboxylic acids is 2. The van der Waals surface area contributed by atoms with Crippen LogP contribution in [0.25, 0.3) is 0 Å². The molecule has 0 aromatic rings. The molecule has 1 fully saturated rings. The van der Waals surface area contributed by atoms with Crippen molar-refractivity contribution in [3.05, 3.63) is 12.7 Å². The van der Waals surface area contributed by atoms with E-state index in [1.807, 2.05) is 25.7 Å². The van der Waals surface area contributed by atoms with Gasteiger partial charge in [-0.3, -0.25) is 4.79 Å². The van der Waals surface area contributed by atoms with Crippen LogP contribution in [-0.4, -0.2) is 65.1 Å². The minimum Gasteiger partial charge on any atom is -0.444 e. The molecular weight excluding hydrogens is 288 g/mol. The Morgan fingerprint density at radius 2 is 1.81 bits per heavy atom. The van der Waals surface area contributed by atoms with Crippen molar-refractivity contribution in [2.45, 2.75) is 32.8 Å². The van der Waals surface area contributed by atoms with Gasteiger partial charge < -0.3 is 14.5 Å². The van der Waals surface area contributed by atoms with Gasteiger partial charge in [-0.2, -0.15) is 0 Å². The zero-order valence-corrected chi connectivity index (χ0v) is 14.1. The molecule has 0 aromatic carbocycles. The van der Waals surface area contributed by atoms with Crippen molar-refractivity contribution in [1.29, 1.82) is 0 Å². The quantitative estimate of drug-likeness (QED) is 0.590. The zero-order valence-electron chi connectivity index (χ0n) is 13.3. The molecule has 1 heterocycles. The van der Waals surface area contributed by atoms with Gasteiger partial charge in [0.2, 0.25) is 5.91 Å². The highest BCUT2D eigenvalue weighted by Crippen LogP contribution is 2.13. The van der Waals surface area contributed by atoms with Crippen LogP contribution >= 0.6 is 11.8 Å². The Bertz CT molecular complexity index is 380. The average Bonchev–Trinajstić information content (AvgIpc) is 2.62. The van der Waals surface area contributed by atoms with Crippen molar-refractivity contribution < 1.29 is 14.3 Å². The molecule has 1 rings (SSSR count). The number of hydrogen-bond donors (Lipinski definition) is 0. The van der Waals surface area contributed by atoms with Crippen LogP contribution in [0.2, 0.25) is 0 Å². The first-order valence-corrected chi connectivity index (χ1v) is 8.43. The van der Waals surface area contributed by atoms with Gasteiger partial charge in [-0.05, 0) is 27.2 Å². The third-order valence-corrected chi connectivity index (χ3v) is 3.88. The van der Waals surface area contributed by atoms with Crippen LogP contribution in [0.15, 0.2) is 12.7 Å². The van der Waals surface area contributed by atoms with Crippen LogP contribution in [0, 0.1) is 0 Å². The van der Waals surface area contributed by atoms with Crippen LogP contribution in [0.4, 0.5) is 4.79 Å². The minimum absolute atomic E-state index is 0.132. The van der Waals surface area contributed by atoms with E-state index in [4.69, 9.17) is 4.74 Å². The van der Waals surface area contributed by atoms with Gasteiger partial charge in [-0.15, -0.1) is 18.3 Å². The maximum Gasteiger partial charge on any atom is 0.410 e. The predicted octanol–water partition coefficient (Wildman–Crippen LogP) is 2.38. The molecule has 2 amide bonds. The lowest BCUT2D eigenvalue weighted by molar-refractivity contribution is -0.128. The first-order valence-electron chi connectivity index (χ1n) is 7.28. The van der Waals surface area contributed by atoms with Gasteiger partial charge in [0, 0.05) is 31.9 Å². The van der Waals surface area contributed by atoms with Gasteiger partial charge in [-0.1, -0.05) is 6.08 Å². The van der Waals surface area contributed by atoms with Crippen molar-refractivity contribution in [2.75, 3.05) is 37.7 Å². The molecule has 1 saturated heterocycles. The lowest BCUT2D eigenvalue weighted by atomic mass is 10.2. The van der Waals surface area contributed by atoms with Gasteiger partial charge in [0.05, 0.1) is 5.75 Å². The normalized spacial score (nSPS) is 16.3. The Hall–Kier alpha value is -1.17. The summed E-state index contributed by atoms with van der Waals surface area (Å²) in [4.78, 5) is 27.6. The predicted molar refractivity (Wildman–Crippen MR) is 86.5 cm³/mol. The van der Waals surface area contributed by atoms with E-state index in [0.717, 1.165) is 12.2 Å². The molecule has 0 radical (unpaired) electrons. The number of carbonyl (C=O) groups is 2. The Morgan fingerprint density at radius 3 is 2.43 bits per heavy atom. The standard InChI is InChI=1S/C15H26N2O3S/c1-5-11-21-12-13(18)16-7-6-8-17(10-9-16)14(19)20-15(2,3)4/h5H,1,6-12H2,2-4H3. The molecule has 0 N–H and O–H groups in total. The van der Waals surface area contributed by atoms with Crippen LogP contribution in [0.5, 0.6) is 0 Å². The smallest absolute Gasteiger partial charge is 0.410 e. The van der Waals surface area contributed by atoms with Crippen molar-refractivity contribution >= 4 is 23.8 Å². The number of rotatable bonds is 4. The Balaban J connectivity index is 2.44. The number of thioether (sulfide) groups is 1. The third-order valence-electron chi connectivity index (χ3n) is 2.96. The molecule has 0 bridgehead atoms. The molecule has 0 spiro atoms. The summed E-state index contributed by atoms with van der Waals surface area (Å²) in [6.45, 7) is 11.7. The minimum atomic E-state index is -0.486. The Labute approximate surface area is 131 Å². The lowest BCUT2D eigenvalue weighted by Gasteiger charge is -2.26. The molecule has 0 atom stereocenters. The summed E-state index contributed by atoms with van der Waals surface area (Å²) in [6, 6.07) is 0. The second-order valence-corrected chi connectivity index (χ2v) is 7.04. The van der Waals surface area contributed by atoms with E-state index in [1.165, 1.54) is 0 Å². The Morgan fingerprint density at radius 1 is 1.19 bits per heavy atom. The highest BCUT2D eigenvalue weighted by atomic mass is 32.2. The number of nitrogens with zero attached hydrogens (tertiary/aromatic N) is 2. The van der Waals surface area contributed by atoms with Crippen LogP contribution in [0.1, 0.15) is 27.2 Å². The highest BCUT2D eigenvalue weighted by Gasteiger charge is 2.25. The van der Waals surface area contributed by atoms with Crippen LogP contribution in [-0.2, 0) is 9.53 Å². The van der Waals surface area contributed by atoms with Gasteiger partial charge in [0.1, 0.15) is 5.60 Å². The van der Waals surface area contributed by atoms with Crippen molar-refractivity contribution in [3.63, 3.8) is 0 Å². The Kier molecular flexibility index (Phi) is 7.08. The lowest BCUT2D eigenvalue weighted by Crippen LogP contribution is -2.40. The molecule has 0 unspecified atom stereocenters. The molecule has 1 aliphatic heterocycles. The molecule has 21 heavy (non-hydrogen) atoms. The van der Waals surface area contributed by atoms with E-state index in [1.54, 1.807) is 22.7 Å². The third kappa shape index (κ3) is 6.89. The first kappa shape index (κ1) is 17.9. The molecule has 1 aliphatic rings. The van der Waals surface area contributed by atoms with Gasteiger partial charge in [0.25, 0.3) is 0 Å². The van der Waals surface area contributed by atoms with E-state index in [-0.39, 0.29) is 12.0 Å². The van der Waals surface area contributed by atoms with Crippen molar-refractivity contribution in [1.82, 2.24) is 9.80 Å². The summed E-state index contributed by atoms with van der Waals surface area (Å²) in [5, 5.41) is 0. The number of hydrogen-bond acceptors (Lipinski definition) is 4. The van der Waals surface area contributed by atoms with Crippen LogP contribution in [0.3, 0.4) is 0 Å². The van der Waals surface area contributed by atoms with Crippen molar-refractivity contribution in [3.8, 4) is 0 Å². The number of ether oxygens (including phenoxy) is 1. The van der Waals surface area contributed by atoms with E-state index in [9.17, 15) is 9.59 Å². The van der Waals surface area contributed by atoms with Crippen molar-refractivity contribution in [2.24, 2.45) is 0 Å². The zero-order chi connectivity index (χ0) is 15.9. The summed E-state index contributed by atoms with van der Waals surface area (Å²) in [5.41, 5.74) is -0.486. The molecule has 5 nitrogen and oxygen atoms in total. The van der Waals surface area contributed by atoms with E-state index < -0.39 is 5.60 Å². The van der Waals surface area contributed by atoms with E-state index in [2.05, 4.69) is 6.58 Å². The maximum atomic E-state index is 12.1. The first-order chi connectivity index (χ1) is 9.83. The van der Waals surface area contributed by atoms with Gasteiger partial charge >= 0.3 is 6.09 Å². The fourth-order valence-corrected chi connectivity index (χ4v) is 2.64. The summed E-state index contributed by atoms with van der Waals surface area (Å²) in [7, 11) is 0. The second-order valence-electron chi connectivity index (χ2n) is 6.01. The largest absolute Gasteiger partial charge is 0.444 e. The topological polar surface area (TPSA) is 49.9 Å². The molecular formula is C15H26N2O3S. The number of amides is 2. The molecule has 120 valence electrons. The second kappa shape index (κ2) is 8.32. The van der Waals surface area contributed by atoms with Gasteiger partial charge in [-0.25, -0.2) is 4.79 Å². The van der Waals surface area contributed by atoms with E-state index >= 15 is 0 Å². The summed E-state index contributed by atoms with van der Waals surface area (Å²) in [6.07, 6.45) is 2.29.